The van der Waals surface area contributed by atoms with Crippen molar-refractivity contribution in [2.45, 2.75) is 31.9 Å². The number of amides is 4. The van der Waals surface area contributed by atoms with E-state index in [4.69, 9.17) is 11.6 Å². The van der Waals surface area contributed by atoms with Crippen molar-refractivity contribution in [2.75, 3.05) is 17.0 Å². The van der Waals surface area contributed by atoms with Crippen LogP contribution in [-0.2, 0) is 25.4 Å². The fourth-order valence-corrected chi connectivity index (χ4v) is 8.34. The van der Waals surface area contributed by atoms with Crippen molar-refractivity contribution >= 4 is 46.7 Å². The minimum Gasteiger partial charge on any atom is -0.508 e. The number of para-hydroxylation sites is 1. The van der Waals surface area contributed by atoms with Crippen LogP contribution in [0.25, 0.3) is 0 Å². The van der Waals surface area contributed by atoms with E-state index in [1.807, 2.05) is 6.08 Å². The maximum absolute atomic E-state index is 14.4. The summed E-state index contributed by atoms with van der Waals surface area (Å²) in [6, 6.07) is 16.7. The number of alkyl halides is 3. The molecule has 3 fully saturated rings. The molecule has 0 unspecified atom stereocenters. The minimum absolute atomic E-state index is 0.0406. The molecule has 7 rings (SSSR count). The van der Waals surface area contributed by atoms with Gasteiger partial charge in [0.25, 0.3) is 11.8 Å². The monoisotopic (exact) mass is 664 g/mol. The number of pyridine rings is 1. The molecule has 0 radical (unpaired) electrons. The van der Waals surface area contributed by atoms with Gasteiger partial charge >= 0.3 is 6.18 Å². The molecule has 1 aromatic heterocycles. The fraction of sp³-hybridized carbons (Fsp3) is 0.324. The van der Waals surface area contributed by atoms with Crippen LogP contribution in [0.15, 0.2) is 78.4 Å². The topological polar surface area (TPSA) is 111 Å². The molecule has 3 aromatic rings. The first-order chi connectivity index (χ1) is 22.2. The quantitative estimate of drug-likeness (QED) is 0.280. The number of phenols is 1. The van der Waals surface area contributed by atoms with Crippen molar-refractivity contribution < 1.29 is 37.5 Å². The molecule has 3 heterocycles. The summed E-state index contributed by atoms with van der Waals surface area (Å²) in [5, 5.41) is 12.0. The van der Waals surface area contributed by atoms with E-state index in [1.54, 1.807) is 49.4 Å². The number of nitrogens with zero attached hydrogens (tertiary/aromatic N) is 4. The zero-order valence-corrected chi connectivity index (χ0v) is 25.9. The van der Waals surface area contributed by atoms with Gasteiger partial charge in [0.15, 0.2) is 5.82 Å². The Kier molecular flexibility index (Phi) is 7.01. The van der Waals surface area contributed by atoms with Crippen LogP contribution in [0.5, 0.6) is 5.75 Å². The average molecular weight is 665 g/mol. The van der Waals surface area contributed by atoms with Crippen molar-refractivity contribution in [3.05, 3.63) is 94.7 Å². The first-order valence-electron chi connectivity index (χ1n) is 15.0. The summed E-state index contributed by atoms with van der Waals surface area (Å²) in [6.45, 7) is 1.74. The van der Waals surface area contributed by atoms with Gasteiger partial charge in [0, 0.05) is 13.0 Å². The molecule has 0 bridgehead atoms. The number of halogens is 4. The van der Waals surface area contributed by atoms with E-state index in [0.29, 0.717) is 22.9 Å². The second-order valence-electron chi connectivity index (χ2n) is 12.6. The molecule has 4 amide bonds. The van der Waals surface area contributed by atoms with Crippen LogP contribution in [0.4, 0.5) is 24.7 Å². The summed E-state index contributed by atoms with van der Waals surface area (Å²) < 4.78 is 40.5. The second-order valence-corrected chi connectivity index (χ2v) is 13.0. The lowest BCUT2D eigenvalue weighted by atomic mass is 9.51. The van der Waals surface area contributed by atoms with Crippen molar-refractivity contribution in [3.8, 4) is 5.75 Å². The number of rotatable bonds is 4. The van der Waals surface area contributed by atoms with E-state index >= 15 is 0 Å². The van der Waals surface area contributed by atoms with Gasteiger partial charge in [0.05, 0.1) is 33.9 Å². The smallest absolute Gasteiger partial charge is 0.433 e. The predicted octanol–water partition coefficient (Wildman–Crippen LogP) is 5.74. The SMILES string of the molecule is CN(c1nc(C(F)(F)F)ccc1Cl)N1C(=O)[C@H]2[C@H](CC=C3[C@H]2C[C@H]2C(=O)N(c4ccccc4)C(=O)[C@@]2(C)[C@H]3c2cccc(O)c2)C1=O. The van der Waals surface area contributed by atoms with Crippen molar-refractivity contribution in [1.29, 1.82) is 0 Å². The third-order valence-corrected chi connectivity index (χ3v) is 10.5. The van der Waals surface area contributed by atoms with Gasteiger partial charge in [-0.2, -0.15) is 18.2 Å². The zero-order chi connectivity index (χ0) is 33.6. The van der Waals surface area contributed by atoms with Crippen molar-refractivity contribution in [3.63, 3.8) is 0 Å². The Balaban J connectivity index is 1.31. The molecule has 4 aliphatic rings. The number of anilines is 2. The molecule has 2 saturated heterocycles. The number of allylic oxidation sites excluding steroid dienone is 2. The van der Waals surface area contributed by atoms with Gasteiger partial charge in [-0.05, 0) is 67.6 Å². The third kappa shape index (κ3) is 4.48. The highest BCUT2D eigenvalue weighted by Crippen LogP contribution is 2.63. The molecule has 6 atom stereocenters. The van der Waals surface area contributed by atoms with Gasteiger partial charge in [-0.15, -0.1) is 0 Å². The number of hydrogen-bond acceptors (Lipinski definition) is 7. The van der Waals surface area contributed by atoms with Crippen LogP contribution in [0.3, 0.4) is 0 Å². The number of imide groups is 2. The summed E-state index contributed by atoms with van der Waals surface area (Å²) in [5.41, 5.74) is -0.834. The zero-order valence-electron chi connectivity index (χ0n) is 25.1. The number of aromatic nitrogens is 1. The standard InChI is InChI=1S/C34H28ClF3N4O5/c1-33-23(30(45)41(32(33)47)18-8-4-3-5-9-18)16-22-20(27(33)17-7-6-10-19(43)15-17)11-12-21-26(22)31(46)42(29(21)44)40(2)28-24(35)13-14-25(39-28)34(36,37)38/h3-11,13-15,21-23,26-27,43H,12,16H2,1-2H3/t21-,22+,23-,26-,27-,33+/m0/s1. The normalized spacial score (nSPS) is 28.6. The molecule has 2 aromatic carbocycles. The van der Waals surface area contributed by atoms with Crippen LogP contribution in [-0.4, -0.2) is 45.8 Å². The molecule has 9 nitrogen and oxygen atoms in total. The van der Waals surface area contributed by atoms with E-state index in [-0.39, 0.29) is 23.6 Å². The Morgan fingerprint density at radius 1 is 0.957 bits per heavy atom. The van der Waals surface area contributed by atoms with Gasteiger partial charge in [0.2, 0.25) is 11.8 Å². The molecule has 2 aliphatic heterocycles. The van der Waals surface area contributed by atoms with Gasteiger partial charge in [-0.25, -0.2) is 9.88 Å². The molecule has 47 heavy (non-hydrogen) atoms. The Labute approximate surface area is 272 Å². The van der Waals surface area contributed by atoms with Crippen molar-refractivity contribution in [1.82, 2.24) is 9.99 Å². The van der Waals surface area contributed by atoms with Crippen LogP contribution >= 0.6 is 11.6 Å². The lowest BCUT2D eigenvalue weighted by Gasteiger charge is -2.49. The highest BCUT2D eigenvalue weighted by Gasteiger charge is 2.68. The number of carbonyl (C=O) groups excluding carboxylic acids is 4. The maximum Gasteiger partial charge on any atom is 0.433 e. The largest absolute Gasteiger partial charge is 0.508 e. The highest BCUT2D eigenvalue weighted by molar-refractivity contribution is 6.33. The summed E-state index contributed by atoms with van der Waals surface area (Å²) in [7, 11) is 1.25. The number of fused-ring (bicyclic) bond motifs is 4. The lowest BCUT2D eigenvalue weighted by Crippen LogP contribution is -2.49. The summed E-state index contributed by atoms with van der Waals surface area (Å²) in [6.07, 6.45) is -2.74. The average Bonchev–Trinajstić information content (AvgIpc) is 3.40. The predicted molar refractivity (Wildman–Crippen MR) is 164 cm³/mol. The Hall–Kier alpha value is -4.71. The summed E-state index contributed by atoms with van der Waals surface area (Å²) in [4.78, 5) is 61.4. The fourth-order valence-electron chi connectivity index (χ4n) is 8.11. The van der Waals surface area contributed by atoms with E-state index in [1.165, 1.54) is 24.1 Å². The van der Waals surface area contributed by atoms with E-state index in [9.17, 15) is 37.5 Å². The number of aromatic hydroxyl groups is 1. The Bertz CT molecular complexity index is 1880. The Morgan fingerprint density at radius 3 is 2.36 bits per heavy atom. The molecule has 1 saturated carbocycles. The first kappa shape index (κ1) is 30.9. The highest BCUT2D eigenvalue weighted by atomic mass is 35.5. The van der Waals surface area contributed by atoms with Gasteiger partial charge in [0.1, 0.15) is 11.4 Å². The number of benzene rings is 2. The summed E-state index contributed by atoms with van der Waals surface area (Å²) >= 11 is 6.22. The van der Waals surface area contributed by atoms with Gasteiger partial charge in [-0.1, -0.05) is 53.6 Å². The number of phenolic OH excluding ortho intramolecular Hbond substituents is 1. The maximum atomic E-state index is 14.4. The molecular weight excluding hydrogens is 637 g/mol. The third-order valence-electron chi connectivity index (χ3n) is 10.2. The first-order valence-corrected chi connectivity index (χ1v) is 15.4. The van der Waals surface area contributed by atoms with Gasteiger partial charge in [-0.3, -0.25) is 24.2 Å². The molecule has 13 heteroatoms. The Morgan fingerprint density at radius 2 is 1.68 bits per heavy atom. The second kappa shape index (κ2) is 10.7. The molecule has 1 N–H and O–H groups in total. The molecular formula is C34H28ClF3N4O5. The minimum atomic E-state index is -4.79. The van der Waals surface area contributed by atoms with Crippen LogP contribution in [0.2, 0.25) is 5.02 Å². The number of hydrogen-bond donors (Lipinski definition) is 1. The lowest BCUT2D eigenvalue weighted by molar-refractivity contribution is -0.141. The molecule has 242 valence electrons. The summed E-state index contributed by atoms with van der Waals surface area (Å²) in [5.74, 6) is -6.68. The molecule has 0 spiro atoms. The van der Waals surface area contributed by atoms with E-state index in [0.717, 1.165) is 16.1 Å². The van der Waals surface area contributed by atoms with Gasteiger partial charge < -0.3 is 5.11 Å². The van der Waals surface area contributed by atoms with E-state index in [2.05, 4.69) is 4.98 Å². The number of carbonyl (C=O) groups is 4. The van der Waals surface area contributed by atoms with Crippen LogP contribution in [0.1, 0.15) is 36.9 Å². The van der Waals surface area contributed by atoms with Crippen LogP contribution in [0, 0.1) is 29.1 Å². The molecule has 2 aliphatic carbocycles. The van der Waals surface area contributed by atoms with Crippen molar-refractivity contribution in [2.24, 2.45) is 29.1 Å². The van der Waals surface area contributed by atoms with Crippen LogP contribution < -0.4 is 9.91 Å². The number of hydrazine groups is 1. The van der Waals surface area contributed by atoms with E-state index < -0.39 is 76.3 Å².